The lowest BCUT2D eigenvalue weighted by Crippen LogP contribution is -2.34. The van der Waals surface area contributed by atoms with Crippen molar-refractivity contribution in [3.05, 3.63) is 12.2 Å². The van der Waals surface area contributed by atoms with Gasteiger partial charge in [-0.1, -0.05) is 25.0 Å². The highest BCUT2D eigenvalue weighted by Crippen LogP contribution is 2.11. The Balaban J connectivity index is 3.40. The van der Waals surface area contributed by atoms with Crippen LogP contribution in [0.5, 0.6) is 0 Å². The van der Waals surface area contributed by atoms with Crippen LogP contribution in [-0.4, -0.2) is 28.5 Å². The molecular weight excluding hydrogens is 202 g/mol. The second kappa shape index (κ2) is 9.82. The van der Waals surface area contributed by atoms with E-state index in [1.807, 2.05) is 6.92 Å². The van der Waals surface area contributed by atoms with E-state index >= 15 is 0 Å². The van der Waals surface area contributed by atoms with Gasteiger partial charge in [0, 0.05) is 12.5 Å². The lowest BCUT2D eigenvalue weighted by molar-refractivity contribution is 0.0630. The average Bonchev–Trinajstić information content (AvgIpc) is 2.23. The molecule has 0 radical (unpaired) electrons. The van der Waals surface area contributed by atoms with Crippen LogP contribution in [0.3, 0.4) is 0 Å². The summed E-state index contributed by atoms with van der Waals surface area (Å²) in [5.41, 5.74) is 5.53. The Kier molecular flexibility index (Phi) is 9.59. The van der Waals surface area contributed by atoms with Gasteiger partial charge in [0.15, 0.2) is 0 Å². The molecule has 0 amide bonds. The van der Waals surface area contributed by atoms with Crippen LogP contribution >= 0.6 is 0 Å². The fourth-order valence-corrected chi connectivity index (χ4v) is 1.60. The molecule has 0 aromatic carbocycles. The van der Waals surface area contributed by atoms with Crippen LogP contribution in [0.4, 0.5) is 0 Å². The molecule has 0 saturated carbocycles. The molecule has 3 atom stereocenters. The van der Waals surface area contributed by atoms with Gasteiger partial charge in [-0.2, -0.15) is 0 Å². The van der Waals surface area contributed by atoms with Crippen molar-refractivity contribution in [2.24, 2.45) is 5.73 Å². The fourth-order valence-electron chi connectivity index (χ4n) is 1.60. The maximum atomic E-state index is 9.64. The monoisotopic (exact) mass is 229 g/mol. The molecular formula is C13H27NO2. The number of aliphatic hydroxyl groups excluding tert-OH is 2. The molecule has 0 rings (SSSR count). The number of allylic oxidation sites excluding steroid dienone is 2. The molecule has 96 valence electrons. The normalized spacial score (nSPS) is 17.6. The average molecular weight is 229 g/mol. The Morgan fingerprint density at radius 1 is 1.19 bits per heavy atom. The van der Waals surface area contributed by atoms with E-state index in [1.54, 1.807) is 6.92 Å². The highest BCUT2D eigenvalue weighted by molar-refractivity contribution is 4.76. The van der Waals surface area contributed by atoms with Gasteiger partial charge in [-0.05, 0) is 33.1 Å². The van der Waals surface area contributed by atoms with Crippen molar-refractivity contribution < 1.29 is 10.2 Å². The van der Waals surface area contributed by atoms with Gasteiger partial charge >= 0.3 is 0 Å². The molecule has 3 heteroatoms. The Hall–Kier alpha value is -0.380. The minimum atomic E-state index is -0.585. The van der Waals surface area contributed by atoms with E-state index in [2.05, 4.69) is 12.2 Å². The number of rotatable bonds is 9. The standard InChI is InChI=1S/C13H27NO2/c1-3-4-5-6-7-8-9-12(15)10-13(16)11(2)14/h3-4,11-13,15-16H,5-10,14H2,1-2H3/b4-3-/t11-,12-,13-/m0/s1. The number of unbranched alkanes of at least 4 members (excludes halogenated alkanes) is 3. The zero-order valence-electron chi connectivity index (χ0n) is 10.6. The molecule has 0 bridgehead atoms. The molecule has 4 N–H and O–H groups in total. The first-order chi connectivity index (χ1) is 7.57. The van der Waals surface area contributed by atoms with E-state index in [0.717, 1.165) is 25.7 Å². The van der Waals surface area contributed by atoms with Gasteiger partial charge < -0.3 is 15.9 Å². The second-order valence-electron chi connectivity index (χ2n) is 4.52. The number of hydrogen-bond acceptors (Lipinski definition) is 3. The van der Waals surface area contributed by atoms with Gasteiger partial charge in [0.05, 0.1) is 12.2 Å². The van der Waals surface area contributed by atoms with Gasteiger partial charge in [-0.3, -0.25) is 0 Å². The van der Waals surface area contributed by atoms with Crippen molar-refractivity contribution >= 4 is 0 Å². The fraction of sp³-hybridized carbons (Fsp3) is 0.846. The summed E-state index contributed by atoms with van der Waals surface area (Å²) < 4.78 is 0. The van der Waals surface area contributed by atoms with Crippen LogP contribution in [-0.2, 0) is 0 Å². The van der Waals surface area contributed by atoms with E-state index in [0.29, 0.717) is 6.42 Å². The number of nitrogens with two attached hydrogens (primary N) is 1. The second-order valence-corrected chi connectivity index (χ2v) is 4.52. The van der Waals surface area contributed by atoms with E-state index in [4.69, 9.17) is 5.73 Å². The van der Waals surface area contributed by atoms with Crippen molar-refractivity contribution in [3.8, 4) is 0 Å². The quantitative estimate of drug-likeness (QED) is 0.418. The topological polar surface area (TPSA) is 66.5 Å². The summed E-state index contributed by atoms with van der Waals surface area (Å²) in [5.74, 6) is 0. The van der Waals surface area contributed by atoms with Crippen LogP contribution in [0, 0.1) is 0 Å². The summed E-state index contributed by atoms with van der Waals surface area (Å²) in [6.45, 7) is 3.79. The minimum absolute atomic E-state index is 0.260. The molecule has 0 aliphatic rings. The van der Waals surface area contributed by atoms with Crippen molar-refractivity contribution in [2.75, 3.05) is 0 Å². The summed E-state index contributed by atoms with van der Waals surface area (Å²) in [4.78, 5) is 0. The zero-order valence-corrected chi connectivity index (χ0v) is 10.6. The molecule has 0 aliphatic heterocycles. The van der Waals surface area contributed by atoms with Crippen molar-refractivity contribution in [1.82, 2.24) is 0 Å². The van der Waals surface area contributed by atoms with Crippen LogP contribution in [0.1, 0.15) is 52.4 Å². The molecule has 0 unspecified atom stereocenters. The SMILES string of the molecule is C/C=C\CCCCC[C@H](O)C[C@H](O)[C@H](C)N. The van der Waals surface area contributed by atoms with Gasteiger partial charge in [-0.25, -0.2) is 0 Å². The Morgan fingerprint density at radius 2 is 1.88 bits per heavy atom. The molecule has 0 aromatic rings. The predicted molar refractivity (Wildman–Crippen MR) is 68.2 cm³/mol. The van der Waals surface area contributed by atoms with Gasteiger partial charge in [0.1, 0.15) is 0 Å². The smallest absolute Gasteiger partial charge is 0.0712 e. The Labute approximate surface area is 99.4 Å². The first-order valence-electron chi connectivity index (χ1n) is 6.30. The van der Waals surface area contributed by atoms with Crippen LogP contribution in [0.15, 0.2) is 12.2 Å². The Bertz CT molecular complexity index is 181. The lowest BCUT2D eigenvalue weighted by atomic mass is 10.0. The highest BCUT2D eigenvalue weighted by Gasteiger charge is 2.14. The molecule has 0 spiro atoms. The van der Waals surface area contributed by atoms with E-state index in [9.17, 15) is 10.2 Å². The maximum absolute atomic E-state index is 9.64. The highest BCUT2D eigenvalue weighted by atomic mass is 16.3. The largest absolute Gasteiger partial charge is 0.393 e. The molecule has 0 saturated heterocycles. The van der Waals surface area contributed by atoms with Gasteiger partial charge in [-0.15, -0.1) is 0 Å². The first-order valence-corrected chi connectivity index (χ1v) is 6.30. The zero-order chi connectivity index (χ0) is 12.4. The van der Waals surface area contributed by atoms with Crippen molar-refractivity contribution in [1.29, 1.82) is 0 Å². The summed E-state index contributed by atoms with van der Waals surface area (Å²) in [6.07, 6.45) is 8.83. The molecule has 3 nitrogen and oxygen atoms in total. The van der Waals surface area contributed by atoms with Gasteiger partial charge in [0.2, 0.25) is 0 Å². The van der Waals surface area contributed by atoms with E-state index in [-0.39, 0.29) is 6.04 Å². The van der Waals surface area contributed by atoms with E-state index in [1.165, 1.54) is 6.42 Å². The van der Waals surface area contributed by atoms with E-state index < -0.39 is 12.2 Å². The molecule has 0 aromatic heterocycles. The number of aliphatic hydroxyl groups is 2. The number of hydrogen-bond donors (Lipinski definition) is 3. The molecule has 0 heterocycles. The molecule has 0 aliphatic carbocycles. The van der Waals surface area contributed by atoms with Crippen LogP contribution < -0.4 is 5.73 Å². The van der Waals surface area contributed by atoms with Crippen molar-refractivity contribution in [3.63, 3.8) is 0 Å². The maximum Gasteiger partial charge on any atom is 0.0712 e. The third-order valence-corrected chi connectivity index (χ3v) is 2.76. The van der Waals surface area contributed by atoms with Gasteiger partial charge in [0.25, 0.3) is 0 Å². The summed E-state index contributed by atoms with van der Waals surface area (Å²) in [5, 5.41) is 19.1. The molecule has 0 fully saturated rings. The predicted octanol–water partition coefficient (Wildman–Crippen LogP) is 1.97. The molecule has 16 heavy (non-hydrogen) atoms. The third-order valence-electron chi connectivity index (χ3n) is 2.76. The van der Waals surface area contributed by atoms with Crippen LogP contribution in [0.2, 0.25) is 0 Å². The summed E-state index contributed by atoms with van der Waals surface area (Å²) in [6, 6.07) is -0.260. The third kappa shape index (κ3) is 8.89. The lowest BCUT2D eigenvalue weighted by Gasteiger charge is -2.18. The Morgan fingerprint density at radius 3 is 2.44 bits per heavy atom. The first kappa shape index (κ1) is 15.6. The van der Waals surface area contributed by atoms with Crippen LogP contribution in [0.25, 0.3) is 0 Å². The summed E-state index contributed by atoms with van der Waals surface area (Å²) >= 11 is 0. The van der Waals surface area contributed by atoms with Crippen molar-refractivity contribution in [2.45, 2.75) is 70.6 Å². The minimum Gasteiger partial charge on any atom is -0.393 e. The summed E-state index contributed by atoms with van der Waals surface area (Å²) in [7, 11) is 0.